The summed E-state index contributed by atoms with van der Waals surface area (Å²) >= 11 is 0. The van der Waals surface area contributed by atoms with E-state index in [0.29, 0.717) is 28.8 Å². The minimum Gasteiger partial charge on any atom is -0.486 e. The Balaban J connectivity index is 1.49. The molecule has 0 radical (unpaired) electrons. The largest absolute Gasteiger partial charge is 0.486 e. The number of carbonyl (C=O) groups excluding carboxylic acids is 2. The zero-order valence-corrected chi connectivity index (χ0v) is 20.8. The smallest absolute Gasteiger partial charge is 0.336 e. The predicted octanol–water partition coefficient (Wildman–Crippen LogP) is 5.22. The molecular formula is C28H27FN2O6. The molecular weight excluding hydrogens is 479 g/mol. The fourth-order valence-corrected chi connectivity index (χ4v) is 4.67. The summed E-state index contributed by atoms with van der Waals surface area (Å²) < 4.78 is 31.2. The van der Waals surface area contributed by atoms with E-state index >= 15 is 0 Å². The fourth-order valence-electron chi connectivity index (χ4n) is 4.67. The van der Waals surface area contributed by atoms with Crippen LogP contribution in [0.2, 0.25) is 0 Å². The van der Waals surface area contributed by atoms with Crippen LogP contribution in [0.5, 0.6) is 11.5 Å². The molecule has 192 valence electrons. The van der Waals surface area contributed by atoms with Gasteiger partial charge in [-0.1, -0.05) is 13.3 Å². The number of fused-ring (bicyclic) bond motifs is 6. The summed E-state index contributed by atoms with van der Waals surface area (Å²) in [7, 11) is 0. The first-order chi connectivity index (χ1) is 17.6. The number of rotatable bonds is 5. The fraction of sp³-hybridized carbons (Fsp3) is 0.321. The maximum atomic E-state index is 13.4. The van der Waals surface area contributed by atoms with E-state index in [4.69, 9.17) is 13.9 Å². The molecule has 5 rings (SSSR count). The molecule has 0 saturated carbocycles. The number of ether oxygens (including phenoxy) is 2. The van der Waals surface area contributed by atoms with Crippen molar-refractivity contribution >= 4 is 34.5 Å². The number of ketones is 1. The quantitative estimate of drug-likeness (QED) is 0.459. The summed E-state index contributed by atoms with van der Waals surface area (Å²) in [6.07, 6.45) is 4.48. The predicted molar refractivity (Wildman–Crippen MR) is 137 cm³/mol. The third-order valence-electron chi connectivity index (χ3n) is 6.32. The molecule has 2 aromatic carbocycles. The minimum atomic E-state index is -0.658. The average Bonchev–Trinajstić information content (AvgIpc) is 2.83. The van der Waals surface area contributed by atoms with E-state index in [2.05, 4.69) is 10.6 Å². The number of aryl methyl sites for hydroxylation is 1. The number of nitrogens with one attached hydrogen (secondary N) is 2. The first kappa shape index (κ1) is 24.5. The van der Waals surface area contributed by atoms with Gasteiger partial charge in [0.05, 0.1) is 23.9 Å². The summed E-state index contributed by atoms with van der Waals surface area (Å²) in [5.74, 6) is 0.112. The van der Waals surface area contributed by atoms with E-state index < -0.39 is 29.2 Å². The standard InChI is InChI=1S/C28H27FN2O6/c1-4-5-15-12-21(33)36-26-22(15)25-19(10-11-28(2,3)37-25)24-23(26)20(32)13-18(35-24)14-30-27(34)31-17-8-6-16(29)7-9-17/h6-12,18H,4-5,13-14H2,1-3H3,(H2,30,31,34). The number of urea groups is 1. The Labute approximate surface area is 212 Å². The number of carbonyl (C=O) groups is 2. The zero-order chi connectivity index (χ0) is 26.3. The van der Waals surface area contributed by atoms with Gasteiger partial charge in [0.1, 0.15) is 34.6 Å². The van der Waals surface area contributed by atoms with Gasteiger partial charge in [-0.05, 0) is 62.2 Å². The molecule has 0 saturated heterocycles. The van der Waals surface area contributed by atoms with Crippen LogP contribution in [-0.4, -0.2) is 30.1 Å². The second-order valence-electron chi connectivity index (χ2n) is 9.74. The Morgan fingerprint density at radius 1 is 1.16 bits per heavy atom. The number of halogens is 1. The SMILES string of the molecule is CCCc1cc(=O)oc2c3c(c4c(c12)OC(C)(C)C=C4)OC(CNC(=O)Nc1ccc(F)cc1)CC3=O. The van der Waals surface area contributed by atoms with Crippen molar-refractivity contribution in [2.24, 2.45) is 0 Å². The van der Waals surface area contributed by atoms with Crippen molar-refractivity contribution in [3.63, 3.8) is 0 Å². The van der Waals surface area contributed by atoms with E-state index in [9.17, 15) is 18.8 Å². The lowest BCUT2D eigenvalue weighted by atomic mass is 9.89. The molecule has 0 aliphatic carbocycles. The van der Waals surface area contributed by atoms with Crippen LogP contribution in [-0.2, 0) is 6.42 Å². The molecule has 2 N–H and O–H groups in total. The molecule has 9 heteroatoms. The first-order valence-electron chi connectivity index (χ1n) is 12.2. The van der Waals surface area contributed by atoms with Crippen molar-refractivity contribution in [3.05, 3.63) is 69.3 Å². The number of benzene rings is 2. The molecule has 1 aromatic heterocycles. The highest BCUT2D eigenvalue weighted by atomic mass is 19.1. The topological polar surface area (TPSA) is 107 Å². The average molecular weight is 507 g/mol. The van der Waals surface area contributed by atoms with E-state index in [0.717, 1.165) is 12.0 Å². The lowest BCUT2D eigenvalue weighted by Gasteiger charge is -2.33. The molecule has 8 nitrogen and oxygen atoms in total. The summed E-state index contributed by atoms with van der Waals surface area (Å²) in [5.41, 5.74) is 0.997. The first-order valence-corrected chi connectivity index (χ1v) is 12.2. The number of hydrogen-bond donors (Lipinski definition) is 2. The number of amides is 2. The van der Waals surface area contributed by atoms with Gasteiger partial charge < -0.3 is 24.5 Å². The van der Waals surface area contributed by atoms with Crippen LogP contribution in [0.1, 0.15) is 55.1 Å². The molecule has 0 bridgehead atoms. The minimum absolute atomic E-state index is 0.0184. The Morgan fingerprint density at radius 3 is 2.65 bits per heavy atom. The number of anilines is 1. The number of hydrogen-bond acceptors (Lipinski definition) is 6. The van der Waals surface area contributed by atoms with Crippen LogP contribution in [0.25, 0.3) is 17.0 Å². The summed E-state index contributed by atoms with van der Waals surface area (Å²) in [6, 6.07) is 6.30. The summed E-state index contributed by atoms with van der Waals surface area (Å²) in [6.45, 7) is 5.87. The Kier molecular flexibility index (Phi) is 6.23. The molecule has 2 aliphatic rings. The monoisotopic (exact) mass is 506 g/mol. The van der Waals surface area contributed by atoms with Crippen molar-refractivity contribution < 1.29 is 27.9 Å². The Hall–Kier alpha value is -4.14. The molecule has 0 fully saturated rings. The molecule has 3 aromatic rings. The van der Waals surface area contributed by atoms with Gasteiger partial charge in [0.15, 0.2) is 11.4 Å². The van der Waals surface area contributed by atoms with Gasteiger partial charge in [-0.15, -0.1) is 0 Å². The van der Waals surface area contributed by atoms with Crippen LogP contribution in [0.3, 0.4) is 0 Å². The van der Waals surface area contributed by atoms with E-state index in [1.165, 1.54) is 30.3 Å². The highest BCUT2D eigenvalue weighted by Gasteiger charge is 2.37. The molecule has 37 heavy (non-hydrogen) atoms. The van der Waals surface area contributed by atoms with Crippen LogP contribution in [0.4, 0.5) is 14.9 Å². The molecule has 2 amide bonds. The van der Waals surface area contributed by atoms with Crippen molar-refractivity contribution in [1.29, 1.82) is 0 Å². The normalized spacial score (nSPS) is 17.4. The van der Waals surface area contributed by atoms with E-state index in [-0.39, 0.29) is 35.6 Å². The summed E-state index contributed by atoms with van der Waals surface area (Å²) in [5, 5.41) is 5.91. The lowest BCUT2D eigenvalue weighted by Crippen LogP contribution is -2.41. The van der Waals surface area contributed by atoms with Crippen molar-refractivity contribution in [3.8, 4) is 11.5 Å². The van der Waals surface area contributed by atoms with Gasteiger partial charge >= 0.3 is 11.7 Å². The lowest BCUT2D eigenvalue weighted by molar-refractivity contribution is 0.0849. The van der Waals surface area contributed by atoms with Crippen molar-refractivity contribution in [2.45, 2.75) is 51.7 Å². The molecule has 3 heterocycles. The van der Waals surface area contributed by atoms with Gasteiger partial charge in [-0.2, -0.15) is 0 Å². The Morgan fingerprint density at radius 2 is 1.92 bits per heavy atom. The third-order valence-corrected chi connectivity index (χ3v) is 6.32. The highest BCUT2D eigenvalue weighted by Crippen LogP contribution is 2.48. The van der Waals surface area contributed by atoms with Gasteiger partial charge in [0.2, 0.25) is 0 Å². The van der Waals surface area contributed by atoms with Crippen LogP contribution < -0.4 is 25.7 Å². The molecule has 1 atom stereocenters. The highest BCUT2D eigenvalue weighted by molar-refractivity contribution is 6.13. The third kappa shape index (κ3) is 4.81. The summed E-state index contributed by atoms with van der Waals surface area (Å²) in [4.78, 5) is 38.2. The maximum absolute atomic E-state index is 13.4. The van der Waals surface area contributed by atoms with Gasteiger partial charge in [-0.3, -0.25) is 4.79 Å². The molecule has 2 aliphatic heterocycles. The van der Waals surface area contributed by atoms with Crippen LogP contribution >= 0.6 is 0 Å². The zero-order valence-electron chi connectivity index (χ0n) is 20.8. The molecule has 1 unspecified atom stereocenters. The second kappa shape index (κ2) is 9.38. The van der Waals surface area contributed by atoms with Crippen LogP contribution in [0, 0.1) is 5.82 Å². The van der Waals surface area contributed by atoms with Gasteiger partial charge in [0.25, 0.3) is 0 Å². The Bertz CT molecular complexity index is 1490. The number of Topliss-reactive ketones (excluding diaryl/α,β-unsaturated/α-hetero) is 1. The van der Waals surface area contributed by atoms with Crippen molar-refractivity contribution in [2.75, 3.05) is 11.9 Å². The van der Waals surface area contributed by atoms with Gasteiger partial charge in [0, 0.05) is 11.8 Å². The van der Waals surface area contributed by atoms with Crippen LogP contribution in [0.15, 0.2) is 45.6 Å². The maximum Gasteiger partial charge on any atom is 0.336 e. The molecule has 0 spiro atoms. The van der Waals surface area contributed by atoms with E-state index in [1.54, 1.807) is 0 Å². The van der Waals surface area contributed by atoms with E-state index in [1.807, 2.05) is 32.9 Å². The van der Waals surface area contributed by atoms with Crippen molar-refractivity contribution in [1.82, 2.24) is 5.32 Å². The van der Waals surface area contributed by atoms with Gasteiger partial charge in [-0.25, -0.2) is 14.0 Å². The second-order valence-corrected chi connectivity index (χ2v) is 9.74.